The topological polar surface area (TPSA) is 49.2 Å². The molecule has 0 radical (unpaired) electrons. The minimum absolute atomic E-state index is 0.286. The fourth-order valence-electron chi connectivity index (χ4n) is 1.80. The molecule has 0 bridgehead atoms. The summed E-state index contributed by atoms with van der Waals surface area (Å²) in [4.78, 5) is 2.23. The highest BCUT2D eigenvalue weighted by Crippen LogP contribution is 2.25. The third-order valence-electron chi connectivity index (χ3n) is 2.56. The smallest absolute Gasteiger partial charge is 0.208 e. The second kappa shape index (κ2) is 4.23. The van der Waals surface area contributed by atoms with Gasteiger partial charge in [0.2, 0.25) is 5.13 Å². The summed E-state index contributed by atoms with van der Waals surface area (Å²) in [6.07, 6.45) is 2.27. The molecule has 0 spiro atoms. The fraction of sp³-hybridized carbons (Fsp3) is 0.778. The van der Waals surface area contributed by atoms with Crippen molar-refractivity contribution in [3.05, 3.63) is 5.01 Å². The normalized spacial score (nSPS) is 22.7. The van der Waals surface area contributed by atoms with Gasteiger partial charge in [0.1, 0.15) is 5.01 Å². The number of aryl methyl sites for hydroxylation is 1. The highest BCUT2D eigenvalue weighted by atomic mass is 32.1. The van der Waals surface area contributed by atoms with E-state index in [9.17, 15) is 0 Å². The first-order valence-electron chi connectivity index (χ1n) is 4.95. The number of hydrogen-bond acceptors (Lipinski definition) is 5. The zero-order valence-corrected chi connectivity index (χ0v) is 9.13. The third kappa shape index (κ3) is 2.04. The van der Waals surface area contributed by atoms with Crippen LogP contribution < -0.4 is 4.90 Å². The summed E-state index contributed by atoms with van der Waals surface area (Å²) in [5.74, 6) is 0.410. The number of anilines is 1. The molecule has 0 amide bonds. The number of aromatic nitrogens is 2. The van der Waals surface area contributed by atoms with E-state index in [0.717, 1.165) is 36.1 Å². The quantitative estimate of drug-likeness (QED) is 0.798. The van der Waals surface area contributed by atoms with Crippen molar-refractivity contribution in [3.8, 4) is 0 Å². The molecule has 2 heterocycles. The van der Waals surface area contributed by atoms with Crippen LogP contribution in [0, 0.1) is 12.8 Å². The molecule has 14 heavy (non-hydrogen) atoms. The minimum Gasteiger partial charge on any atom is -0.396 e. The summed E-state index contributed by atoms with van der Waals surface area (Å²) in [5.41, 5.74) is 0. The highest BCUT2D eigenvalue weighted by molar-refractivity contribution is 7.15. The lowest BCUT2D eigenvalue weighted by atomic mass is 10.00. The third-order valence-corrected chi connectivity index (χ3v) is 3.46. The van der Waals surface area contributed by atoms with Crippen LogP contribution in [0.25, 0.3) is 0 Å². The van der Waals surface area contributed by atoms with E-state index in [1.807, 2.05) is 6.92 Å². The Labute approximate surface area is 87.6 Å². The summed E-state index contributed by atoms with van der Waals surface area (Å²) < 4.78 is 0. The van der Waals surface area contributed by atoms with E-state index < -0.39 is 0 Å². The Bertz CT molecular complexity index is 302. The van der Waals surface area contributed by atoms with Gasteiger partial charge >= 0.3 is 0 Å². The molecule has 1 N–H and O–H groups in total. The fourth-order valence-corrected chi connectivity index (χ4v) is 2.52. The molecule has 4 nitrogen and oxygen atoms in total. The first kappa shape index (κ1) is 9.86. The largest absolute Gasteiger partial charge is 0.396 e. The summed E-state index contributed by atoms with van der Waals surface area (Å²) in [6, 6.07) is 0. The molecule has 0 aliphatic carbocycles. The molecule has 1 aromatic rings. The van der Waals surface area contributed by atoms with Gasteiger partial charge in [-0.25, -0.2) is 0 Å². The minimum atomic E-state index is 0.286. The lowest BCUT2D eigenvalue weighted by Gasteiger charge is -2.31. The van der Waals surface area contributed by atoms with Gasteiger partial charge in [0.25, 0.3) is 0 Å². The zero-order chi connectivity index (χ0) is 9.97. The molecule has 0 aromatic carbocycles. The molecule has 1 saturated heterocycles. The van der Waals surface area contributed by atoms with Gasteiger partial charge < -0.3 is 10.0 Å². The van der Waals surface area contributed by atoms with E-state index >= 15 is 0 Å². The maximum atomic E-state index is 9.10. The Hall–Kier alpha value is -0.680. The number of rotatable bonds is 2. The first-order chi connectivity index (χ1) is 6.79. The van der Waals surface area contributed by atoms with Crippen LogP contribution in [-0.4, -0.2) is 35.0 Å². The highest BCUT2D eigenvalue weighted by Gasteiger charge is 2.21. The van der Waals surface area contributed by atoms with Gasteiger partial charge in [-0.2, -0.15) is 0 Å². The van der Waals surface area contributed by atoms with Crippen molar-refractivity contribution in [3.63, 3.8) is 0 Å². The molecule has 2 rings (SSSR count). The van der Waals surface area contributed by atoms with Gasteiger partial charge in [-0.15, -0.1) is 10.2 Å². The molecule has 5 heteroatoms. The molecule has 1 aliphatic rings. The van der Waals surface area contributed by atoms with Crippen molar-refractivity contribution in [2.24, 2.45) is 5.92 Å². The van der Waals surface area contributed by atoms with Gasteiger partial charge in [-0.3, -0.25) is 0 Å². The molecule has 1 aromatic heterocycles. The molecule has 1 atom stereocenters. The van der Waals surface area contributed by atoms with Crippen LogP contribution in [0.15, 0.2) is 0 Å². The van der Waals surface area contributed by atoms with Crippen molar-refractivity contribution >= 4 is 16.5 Å². The van der Waals surface area contributed by atoms with E-state index in [1.165, 1.54) is 0 Å². The summed E-state index contributed by atoms with van der Waals surface area (Å²) in [7, 11) is 0. The molecule has 1 aliphatic heterocycles. The van der Waals surface area contributed by atoms with Crippen LogP contribution in [0.2, 0.25) is 0 Å². The predicted molar refractivity (Wildman–Crippen MR) is 56.7 cm³/mol. The van der Waals surface area contributed by atoms with E-state index in [1.54, 1.807) is 11.3 Å². The van der Waals surface area contributed by atoms with E-state index in [2.05, 4.69) is 15.1 Å². The Morgan fingerprint density at radius 3 is 3.07 bits per heavy atom. The van der Waals surface area contributed by atoms with Gasteiger partial charge in [-0.05, 0) is 25.7 Å². The van der Waals surface area contributed by atoms with Gasteiger partial charge in [0.05, 0.1) is 0 Å². The monoisotopic (exact) mass is 213 g/mol. The second-order valence-electron chi connectivity index (χ2n) is 3.74. The number of piperidine rings is 1. The van der Waals surface area contributed by atoms with Crippen LogP contribution in [0.4, 0.5) is 5.13 Å². The van der Waals surface area contributed by atoms with Gasteiger partial charge in [-0.1, -0.05) is 11.3 Å². The lowest BCUT2D eigenvalue weighted by Crippen LogP contribution is -2.36. The van der Waals surface area contributed by atoms with Crippen LogP contribution >= 0.6 is 11.3 Å². The number of hydrogen-bond donors (Lipinski definition) is 1. The molecular weight excluding hydrogens is 198 g/mol. The molecular formula is C9H15N3OS. The molecule has 1 unspecified atom stereocenters. The van der Waals surface area contributed by atoms with E-state index in [0.29, 0.717) is 5.92 Å². The van der Waals surface area contributed by atoms with Crippen molar-refractivity contribution < 1.29 is 5.11 Å². The van der Waals surface area contributed by atoms with Crippen molar-refractivity contribution in [1.82, 2.24) is 10.2 Å². The number of aliphatic hydroxyl groups is 1. The molecule has 1 fully saturated rings. The van der Waals surface area contributed by atoms with Crippen LogP contribution in [0.3, 0.4) is 0 Å². The summed E-state index contributed by atoms with van der Waals surface area (Å²) >= 11 is 1.63. The van der Waals surface area contributed by atoms with Crippen LogP contribution in [-0.2, 0) is 0 Å². The Balaban J connectivity index is 2.04. The zero-order valence-electron chi connectivity index (χ0n) is 8.31. The average molecular weight is 213 g/mol. The van der Waals surface area contributed by atoms with Crippen LogP contribution in [0.1, 0.15) is 17.8 Å². The standard InChI is InChI=1S/C9H15N3OS/c1-7-10-11-9(14-7)12-4-2-3-8(5-12)6-13/h8,13H,2-6H2,1H3. The maximum absolute atomic E-state index is 9.10. The Morgan fingerprint density at radius 1 is 1.57 bits per heavy atom. The number of aliphatic hydroxyl groups excluding tert-OH is 1. The average Bonchev–Trinajstić information content (AvgIpc) is 2.65. The molecule has 0 saturated carbocycles. The first-order valence-corrected chi connectivity index (χ1v) is 5.77. The van der Waals surface area contributed by atoms with Gasteiger partial charge in [0, 0.05) is 19.7 Å². The molecule has 78 valence electrons. The predicted octanol–water partition coefficient (Wildman–Crippen LogP) is 1.06. The SMILES string of the molecule is Cc1nnc(N2CCCC(CO)C2)s1. The van der Waals surface area contributed by atoms with Gasteiger partial charge in [0.15, 0.2) is 0 Å². The van der Waals surface area contributed by atoms with E-state index in [4.69, 9.17) is 5.11 Å². The number of nitrogens with zero attached hydrogens (tertiary/aromatic N) is 3. The second-order valence-corrected chi connectivity index (χ2v) is 4.90. The summed E-state index contributed by atoms with van der Waals surface area (Å²) in [6.45, 7) is 4.22. The Morgan fingerprint density at radius 2 is 2.43 bits per heavy atom. The maximum Gasteiger partial charge on any atom is 0.208 e. The lowest BCUT2D eigenvalue weighted by molar-refractivity contribution is 0.208. The van der Waals surface area contributed by atoms with Crippen LogP contribution in [0.5, 0.6) is 0 Å². The van der Waals surface area contributed by atoms with Crippen molar-refractivity contribution in [1.29, 1.82) is 0 Å². The Kier molecular flexibility index (Phi) is 2.98. The van der Waals surface area contributed by atoms with Crippen molar-refractivity contribution in [2.75, 3.05) is 24.6 Å². The summed E-state index contributed by atoms with van der Waals surface area (Å²) in [5, 5.41) is 19.2. The van der Waals surface area contributed by atoms with Crippen molar-refractivity contribution in [2.45, 2.75) is 19.8 Å². The van der Waals surface area contributed by atoms with E-state index in [-0.39, 0.29) is 6.61 Å².